The summed E-state index contributed by atoms with van der Waals surface area (Å²) < 4.78 is 6.97. The predicted molar refractivity (Wildman–Crippen MR) is 147 cm³/mol. The topological polar surface area (TPSA) is 62.1 Å². The maximum absolute atomic E-state index is 12.7. The second kappa shape index (κ2) is 11.5. The van der Waals surface area contributed by atoms with E-state index in [-0.39, 0.29) is 5.57 Å². The number of hydrogen-bond acceptors (Lipinski definition) is 3. The van der Waals surface area contributed by atoms with Crippen molar-refractivity contribution in [2.75, 3.05) is 11.9 Å². The maximum atomic E-state index is 12.7. The molecular weight excluding hydrogens is 559 g/mol. The van der Waals surface area contributed by atoms with Crippen molar-refractivity contribution in [1.29, 1.82) is 5.26 Å². The van der Waals surface area contributed by atoms with Gasteiger partial charge in [-0.05, 0) is 97.3 Å². The summed E-state index contributed by atoms with van der Waals surface area (Å²) in [5.74, 6) is 0.262. The number of aryl methyl sites for hydroxylation is 3. The molecule has 0 spiro atoms. The van der Waals surface area contributed by atoms with Crippen molar-refractivity contribution in [3.05, 3.63) is 96.1 Å². The van der Waals surface area contributed by atoms with Crippen LogP contribution in [0.3, 0.4) is 0 Å². The van der Waals surface area contributed by atoms with E-state index >= 15 is 0 Å². The number of anilines is 1. The molecule has 0 radical (unpaired) electrons. The van der Waals surface area contributed by atoms with Crippen LogP contribution in [0.4, 0.5) is 5.69 Å². The Kier molecular flexibility index (Phi) is 8.76. The molecule has 1 N–H and O–H groups in total. The Morgan fingerprint density at radius 1 is 1.12 bits per heavy atom. The lowest BCUT2D eigenvalue weighted by molar-refractivity contribution is -0.112. The fourth-order valence-electron chi connectivity index (χ4n) is 3.73. The maximum Gasteiger partial charge on any atom is 0.266 e. The van der Waals surface area contributed by atoms with Crippen molar-refractivity contribution in [3.8, 4) is 11.8 Å². The summed E-state index contributed by atoms with van der Waals surface area (Å²) >= 11 is 8.44. The Hall–Kier alpha value is -2.82. The normalized spacial score (nSPS) is 11.1. The smallest absolute Gasteiger partial charge is 0.266 e. The molecule has 0 fully saturated rings. The number of hydrogen-bond donors (Lipinski definition) is 1. The molecule has 1 amide bonds. The number of nitrogens with one attached hydrogen (secondary N) is 1. The molecule has 0 aliphatic rings. The summed E-state index contributed by atoms with van der Waals surface area (Å²) in [6.45, 7) is 8.53. The molecule has 0 bridgehead atoms. The lowest BCUT2D eigenvalue weighted by atomic mass is 9.98. The van der Waals surface area contributed by atoms with Crippen molar-refractivity contribution < 1.29 is 9.53 Å². The second-order valence-corrected chi connectivity index (χ2v) is 9.74. The zero-order valence-corrected chi connectivity index (χ0v) is 22.5. The molecule has 6 heteroatoms. The van der Waals surface area contributed by atoms with Crippen molar-refractivity contribution in [2.24, 2.45) is 0 Å². The minimum atomic E-state index is -0.491. The van der Waals surface area contributed by atoms with E-state index in [0.717, 1.165) is 32.4 Å². The third-order valence-electron chi connectivity index (χ3n) is 5.24. The summed E-state index contributed by atoms with van der Waals surface area (Å²) in [6, 6.07) is 17.6. The first-order valence-corrected chi connectivity index (χ1v) is 12.4. The summed E-state index contributed by atoms with van der Waals surface area (Å²) in [5, 5.41) is 12.9. The molecule has 3 rings (SSSR count). The molecule has 34 heavy (non-hydrogen) atoms. The Balaban J connectivity index is 1.92. The van der Waals surface area contributed by atoms with Crippen LogP contribution in [0.2, 0.25) is 5.02 Å². The third-order valence-corrected chi connectivity index (χ3v) is 6.61. The van der Waals surface area contributed by atoms with E-state index in [1.165, 1.54) is 16.7 Å². The monoisotopic (exact) mass is 584 g/mol. The van der Waals surface area contributed by atoms with Crippen LogP contribution in [0.1, 0.15) is 40.3 Å². The molecule has 174 valence electrons. The van der Waals surface area contributed by atoms with Gasteiger partial charge >= 0.3 is 0 Å². The fourth-order valence-corrected chi connectivity index (χ4v) is 4.73. The fraction of sp³-hybridized carbons (Fsp3) is 0.214. The zero-order chi connectivity index (χ0) is 24.8. The Morgan fingerprint density at radius 2 is 1.82 bits per heavy atom. The van der Waals surface area contributed by atoms with Gasteiger partial charge in [-0.3, -0.25) is 4.79 Å². The minimum Gasteiger partial charge on any atom is -0.494 e. The average molecular weight is 585 g/mol. The summed E-state index contributed by atoms with van der Waals surface area (Å²) in [4.78, 5) is 12.7. The first-order valence-electron chi connectivity index (χ1n) is 10.9. The number of carbonyl (C=O) groups excluding carboxylic acids is 1. The minimum absolute atomic E-state index is 0.00277. The van der Waals surface area contributed by atoms with Gasteiger partial charge in [0.1, 0.15) is 17.4 Å². The van der Waals surface area contributed by atoms with Gasteiger partial charge < -0.3 is 10.1 Å². The first-order chi connectivity index (χ1) is 16.2. The molecule has 0 aromatic heterocycles. The predicted octanol–water partition coefficient (Wildman–Crippen LogP) is 7.41. The molecule has 0 saturated heterocycles. The van der Waals surface area contributed by atoms with Crippen LogP contribution in [0.5, 0.6) is 5.75 Å². The van der Waals surface area contributed by atoms with Crippen molar-refractivity contribution >= 4 is 51.9 Å². The van der Waals surface area contributed by atoms with Gasteiger partial charge in [-0.25, -0.2) is 0 Å². The highest BCUT2D eigenvalue weighted by Crippen LogP contribution is 2.30. The number of benzene rings is 3. The van der Waals surface area contributed by atoms with Crippen molar-refractivity contribution in [3.63, 3.8) is 0 Å². The highest BCUT2D eigenvalue weighted by molar-refractivity contribution is 14.1. The van der Waals surface area contributed by atoms with Crippen LogP contribution in [0.25, 0.3) is 6.08 Å². The number of carbonyl (C=O) groups is 1. The van der Waals surface area contributed by atoms with Gasteiger partial charge in [-0.2, -0.15) is 5.26 Å². The van der Waals surface area contributed by atoms with E-state index < -0.39 is 5.91 Å². The molecule has 0 heterocycles. The summed E-state index contributed by atoms with van der Waals surface area (Å²) in [6.07, 6.45) is 2.32. The van der Waals surface area contributed by atoms with Gasteiger partial charge in [0, 0.05) is 26.3 Å². The number of nitrogens with zero attached hydrogens (tertiary/aromatic N) is 1. The molecule has 4 nitrogen and oxygen atoms in total. The Bertz CT molecular complexity index is 1290. The first kappa shape index (κ1) is 25.8. The van der Waals surface area contributed by atoms with E-state index in [9.17, 15) is 10.1 Å². The number of nitriles is 1. The molecule has 0 unspecified atom stereocenters. The van der Waals surface area contributed by atoms with Gasteiger partial charge in [0.05, 0.1) is 6.61 Å². The van der Waals surface area contributed by atoms with Crippen molar-refractivity contribution in [2.45, 2.75) is 34.1 Å². The average Bonchev–Trinajstić information content (AvgIpc) is 2.76. The number of amides is 1. The highest BCUT2D eigenvalue weighted by atomic mass is 127. The van der Waals surface area contributed by atoms with Crippen LogP contribution in [0, 0.1) is 35.7 Å². The number of ether oxygens (including phenoxy) is 1. The molecule has 0 atom stereocenters. The molecule has 0 aliphatic heterocycles. The number of rotatable bonds is 7. The van der Waals surface area contributed by atoms with Gasteiger partial charge in [0.2, 0.25) is 0 Å². The van der Waals surface area contributed by atoms with Crippen LogP contribution in [-0.2, 0) is 11.2 Å². The van der Waals surface area contributed by atoms with Crippen LogP contribution in [0.15, 0.2) is 54.1 Å². The van der Waals surface area contributed by atoms with Gasteiger partial charge in [0.25, 0.3) is 5.91 Å². The molecule has 3 aromatic carbocycles. The van der Waals surface area contributed by atoms with Gasteiger partial charge in [0.15, 0.2) is 0 Å². The van der Waals surface area contributed by atoms with Gasteiger partial charge in [-0.1, -0.05) is 47.0 Å². The van der Waals surface area contributed by atoms with Crippen LogP contribution >= 0.6 is 34.2 Å². The lowest BCUT2D eigenvalue weighted by Crippen LogP contribution is -2.13. The Morgan fingerprint density at radius 3 is 2.44 bits per heavy atom. The Labute approximate surface area is 219 Å². The lowest BCUT2D eigenvalue weighted by Gasteiger charge is -2.15. The highest BCUT2D eigenvalue weighted by Gasteiger charge is 2.15. The molecule has 0 aliphatic carbocycles. The van der Waals surface area contributed by atoms with E-state index in [1.807, 2.05) is 38.1 Å². The molecule has 3 aromatic rings. The van der Waals surface area contributed by atoms with Crippen LogP contribution in [-0.4, -0.2) is 12.5 Å². The third kappa shape index (κ3) is 6.62. The van der Waals surface area contributed by atoms with E-state index in [0.29, 0.717) is 17.3 Å². The quantitative estimate of drug-likeness (QED) is 0.179. The molecule has 0 saturated carbocycles. The standard InChI is InChI=1S/C28H26ClIN2O2/c1-5-34-27-14-21(13-26(30)24(27)12-20-9-17(2)8-18(3)10-20)11-22(16-31)28(33)32-23-7-6-19(4)25(29)15-23/h6-11,13-15H,5,12H2,1-4H3,(H,32,33)/b22-11+. The second-order valence-electron chi connectivity index (χ2n) is 8.17. The largest absolute Gasteiger partial charge is 0.494 e. The summed E-state index contributed by atoms with van der Waals surface area (Å²) in [5.41, 5.74) is 6.92. The van der Waals surface area contributed by atoms with E-state index in [4.69, 9.17) is 16.3 Å². The van der Waals surface area contributed by atoms with E-state index in [2.05, 4.69) is 60.0 Å². The van der Waals surface area contributed by atoms with Crippen molar-refractivity contribution in [1.82, 2.24) is 0 Å². The molecular formula is C28H26ClIN2O2. The SMILES string of the molecule is CCOc1cc(/C=C(\C#N)C(=O)Nc2ccc(C)c(Cl)c2)cc(I)c1Cc1cc(C)cc(C)c1. The van der Waals surface area contributed by atoms with Crippen LogP contribution < -0.4 is 10.1 Å². The van der Waals surface area contributed by atoms with Gasteiger partial charge in [-0.15, -0.1) is 0 Å². The number of halogens is 2. The summed E-state index contributed by atoms with van der Waals surface area (Å²) in [7, 11) is 0. The van der Waals surface area contributed by atoms with E-state index in [1.54, 1.807) is 18.2 Å². The zero-order valence-electron chi connectivity index (χ0n) is 19.6.